The van der Waals surface area contributed by atoms with Crippen molar-refractivity contribution in [2.75, 3.05) is 0 Å². The number of nitrogens with zero attached hydrogens (tertiary/aromatic N) is 2. The zero-order valence-electron chi connectivity index (χ0n) is 9.86. The molecule has 0 radical (unpaired) electrons. The van der Waals surface area contributed by atoms with Gasteiger partial charge in [0.25, 0.3) is 0 Å². The summed E-state index contributed by atoms with van der Waals surface area (Å²) >= 11 is 0. The fourth-order valence-electron chi connectivity index (χ4n) is 1.95. The molecule has 1 heterocycles. The Hall–Kier alpha value is -1.91. The molecule has 0 saturated carbocycles. The van der Waals surface area contributed by atoms with Gasteiger partial charge in [0.05, 0.1) is 11.1 Å². The first-order valence-corrected chi connectivity index (χ1v) is 5.21. The topological polar surface area (TPSA) is 55.1 Å². The maximum Gasteiger partial charge on any atom is 0.337 e. The summed E-state index contributed by atoms with van der Waals surface area (Å²) in [5.41, 5.74) is -0.761. The number of aromatic nitrogens is 2. The van der Waals surface area contributed by atoms with Gasteiger partial charge in [0.15, 0.2) is 0 Å². The fourth-order valence-corrected chi connectivity index (χ4v) is 1.95. The van der Waals surface area contributed by atoms with Crippen LogP contribution >= 0.6 is 0 Å². The summed E-state index contributed by atoms with van der Waals surface area (Å²) < 4.78 is 15.4. The van der Waals surface area contributed by atoms with Gasteiger partial charge in [0.2, 0.25) is 0 Å². The normalized spacial score (nSPS) is 12.0. The van der Waals surface area contributed by atoms with Crippen molar-refractivity contribution in [3.8, 4) is 0 Å². The quantitative estimate of drug-likeness (QED) is 0.871. The minimum atomic E-state index is -1.60. The van der Waals surface area contributed by atoms with Crippen molar-refractivity contribution in [3.63, 3.8) is 0 Å². The Morgan fingerprint density at radius 3 is 2.65 bits per heavy atom. The van der Waals surface area contributed by atoms with Gasteiger partial charge in [-0.25, -0.2) is 9.18 Å². The maximum absolute atomic E-state index is 14.0. The van der Waals surface area contributed by atoms with Gasteiger partial charge in [0, 0.05) is 12.4 Å². The molecule has 17 heavy (non-hydrogen) atoms. The van der Waals surface area contributed by atoms with Crippen LogP contribution in [0.1, 0.15) is 29.9 Å². The number of benzene rings is 1. The summed E-state index contributed by atoms with van der Waals surface area (Å²) in [4.78, 5) is 11.1. The van der Waals surface area contributed by atoms with Crippen LogP contribution in [0.3, 0.4) is 0 Å². The monoisotopic (exact) mass is 236 g/mol. The zero-order valence-corrected chi connectivity index (χ0v) is 9.86. The van der Waals surface area contributed by atoms with Gasteiger partial charge in [-0.05, 0) is 19.9 Å². The first-order chi connectivity index (χ1) is 7.82. The van der Waals surface area contributed by atoms with E-state index in [1.807, 2.05) is 0 Å². The molecule has 0 atom stereocenters. The molecular formula is C12H13FN2O2. The second-order valence-electron chi connectivity index (χ2n) is 4.45. The predicted octanol–water partition coefficient (Wildman–Crippen LogP) is 2.48. The average Bonchev–Trinajstić information content (AvgIpc) is 2.56. The standard InChI is InChI=1S/C12H13FN2O2/c1-12(2,13)10-7-5-4-6-8(11(16)17)9(7)15(3)14-10/h4-6H,1-3H3,(H,16,17). The molecule has 4 nitrogen and oxygen atoms in total. The van der Waals surface area contributed by atoms with Crippen LogP contribution < -0.4 is 0 Å². The Bertz CT molecular complexity index is 596. The molecule has 0 fully saturated rings. The van der Waals surface area contributed by atoms with E-state index < -0.39 is 11.6 Å². The summed E-state index contributed by atoms with van der Waals surface area (Å²) in [6.45, 7) is 2.81. The first kappa shape index (κ1) is 11.6. The molecule has 0 aliphatic heterocycles. The number of para-hydroxylation sites is 1. The summed E-state index contributed by atoms with van der Waals surface area (Å²) in [6, 6.07) is 4.77. The number of carboxylic acid groups (broad SMARTS) is 1. The van der Waals surface area contributed by atoms with E-state index >= 15 is 0 Å². The summed E-state index contributed by atoms with van der Waals surface area (Å²) in [7, 11) is 1.62. The Balaban J connectivity index is 2.87. The number of fused-ring (bicyclic) bond motifs is 1. The van der Waals surface area contributed by atoms with Gasteiger partial charge < -0.3 is 5.11 Å². The fraction of sp³-hybridized carbons (Fsp3) is 0.333. The summed E-state index contributed by atoms with van der Waals surface area (Å²) in [5.74, 6) is -1.04. The zero-order chi connectivity index (χ0) is 12.8. The third-order valence-electron chi connectivity index (χ3n) is 2.66. The molecule has 2 aromatic rings. The van der Waals surface area contributed by atoms with E-state index in [0.29, 0.717) is 10.9 Å². The highest BCUT2D eigenvalue weighted by Crippen LogP contribution is 2.31. The van der Waals surface area contributed by atoms with Crippen molar-refractivity contribution in [3.05, 3.63) is 29.5 Å². The molecule has 90 valence electrons. The molecular weight excluding hydrogens is 223 g/mol. The molecule has 0 amide bonds. The van der Waals surface area contributed by atoms with Crippen molar-refractivity contribution >= 4 is 16.9 Å². The predicted molar refractivity (Wildman–Crippen MR) is 61.8 cm³/mol. The number of hydrogen-bond donors (Lipinski definition) is 1. The molecule has 0 saturated heterocycles. The summed E-state index contributed by atoms with van der Waals surface area (Å²) in [5, 5.41) is 13.7. The average molecular weight is 236 g/mol. The van der Waals surface area contributed by atoms with Crippen LogP contribution in [-0.2, 0) is 12.7 Å². The number of aryl methyl sites for hydroxylation is 1. The lowest BCUT2D eigenvalue weighted by Crippen LogP contribution is -2.10. The molecule has 0 aliphatic rings. The highest BCUT2D eigenvalue weighted by molar-refractivity contribution is 6.02. The Labute approximate surface area is 97.7 Å². The van der Waals surface area contributed by atoms with E-state index in [4.69, 9.17) is 5.11 Å². The van der Waals surface area contributed by atoms with E-state index in [1.54, 1.807) is 19.2 Å². The van der Waals surface area contributed by atoms with Crippen molar-refractivity contribution in [1.82, 2.24) is 9.78 Å². The van der Waals surface area contributed by atoms with Gasteiger partial charge in [0.1, 0.15) is 11.4 Å². The van der Waals surface area contributed by atoms with E-state index in [1.165, 1.54) is 24.6 Å². The number of hydrogen-bond acceptors (Lipinski definition) is 2. The SMILES string of the molecule is Cn1nc(C(C)(C)F)c2cccc(C(=O)O)c21. The third-order valence-corrected chi connectivity index (χ3v) is 2.66. The van der Waals surface area contributed by atoms with E-state index in [0.717, 1.165) is 0 Å². The Morgan fingerprint density at radius 2 is 2.12 bits per heavy atom. The highest BCUT2D eigenvalue weighted by Gasteiger charge is 2.27. The maximum atomic E-state index is 14.0. The van der Waals surface area contributed by atoms with Gasteiger partial charge in [-0.15, -0.1) is 0 Å². The number of aromatic carboxylic acids is 1. The Morgan fingerprint density at radius 1 is 1.47 bits per heavy atom. The van der Waals surface area contributed by atoms with E-state index in [2.05, 4.69) is 5.10 Å². The van der Waals surface area contributed by atoms with Crippen LogP contribution in [0.25, 0.3) is 10.9 Å². The minimum Gasteiger partial charge on any atom is -0.478 e. The van der Waals surface area contributed by atoms with Crippen molar-refractivity contribution in [2.24, 2.45) is 7.05 Å². The number of carbonyl (C=O) groups is 1. The second-order valence-corrected chi connectivity index (χ2v) is 4.45. The molecule has 0 spiro atoms. The molecule has 1 aromatic heterocycles. The van der Waals surface area contributed by atoms with Crippen LogP contribution in [0.2, 0.25) is 0 Å². The lowest BCUT2D eigenvalue weighted by atomic mass is 10.0. The summed E-state index contributed by atoms with van der Waals surface area (Å²) in [6.07, 6.45) is 0. The van der Waals surface area contributed by atoms with E-state index in [9.17, 15) is 9.18 Å². The largest absolute Gasteiger partial charge is 0.478 e. The van der Waals surface area contributed by atoms with Gasteiger partial charge in [-0.3, -0.25) is 4.68 Å². The van der Waals surface area contributed by atoms with Crippen LogP contribution in [0.5, 0.6) is 0 Å². The van der Waals surface area contributed by atoms with E-state index in [-0.39, 0.29) is 11.3 Å². The molecule has 2 rings (SSSR count). The van der Waals surface area contributed by atoms with Crippen LogP contribution in [0.15, 0.2) is 18.2 Å². The molecule has 0 unspecified atom stereocenters. The first-order valence-electron chi connectivity index (χ1n) is 5.21. The Kier molecular flexibility index (Phi) is 2.41. The van der Waals surface area contributed by atoms with Gasteiger partial charge >= 0.3 is 5.97 Å². The second kappa shape index (κ2) is 3.55. The minimum absolute atomic E-state index is 0.132. The lowest BCUT2D eigenvalue weighted by Gasteiger charge is -2.10. The third kappa shape index (κ3) is 1.77. The molecule has 5 heteroatoms. The smallest absolute Gasteiger partial charge is 0.337 e. The molecule has 1 N–H and O–H groups in total. The van der Waals surface area contributed by atoms with Crippen LogP contribution in [-0.4, -0.2) is 20.9 Å². The van der Waals surface area contributed by atoms with Gasteiger partial charge in [-0.2, -0.15) is 5.10 Å². The van der Waals surface area contributed by atoms with Crippen molar-refractivity contribution in [1.29, 1.82) is 0 Å². The van der Waals surface area contributed by atoms with Crippen molar-refractivity contribution in [2.45, 2.75) is 19.5 Å². The van der Waals surface area contributed by atoms with Crippen LogP contribution in [0.4, 0.5) is 4.39 Å². The number of alkyl halides is 1. The van der Waals surface area contributed by atoms with Crippen LogP contribution in [0, 0.1) is 0 Å². The van der Waals surface area contributed by atoms with Crippen molar-refractivity contribution < 1.29 is 14.3 Å². The highest BCUT2D eigenvalue weighted by atomic mass is 19.1. The molecule has 0 aliphatic carbocycles. The lowest BCUT2D eigenvalue weighted by molar-refractivity contribution is 0.0698. The number of halogens is 1. The number of rotatable bonds is 2. The molecule has 1 aromatic carbocycles. The number of carboxylic acids is 1. The molecule has 0 bridgehead atoms. The van der Waals surface area contributed by atoms with Gasteiger partial charge in [-0.1, -0.05) is 12.1 Å².